The minimum Gasteiger partial charge on any atom is -0.342 e. The summed E-state index contributed by atoms with van der Waals surface area (Å²) in [4.78, 5) is 14.6. The molecule has 1 amide bonds. The molecule has 1 aliphatic rings. The number of alkyl halides is 1. The average molecular weight is 262 g/mol. The lowest BCUT2D eigenvalue weighted by Crippen LogP contribution is -2.40. The SMILES string of the molecule is CC(C)(C)C(=O)N1CCCC(Br)CC1. The summed E-state index contributed by atoms with van der Waals surface area (Å²) in [5, 5.41) is 0. The molecule has 1 fully saturated rings. The summed E-state index contributed by atoms with van der Waals surface area (Å²) >= 11 is 3.63. The number of halogens is 1. The molecule has 0 saturated carbocycles. The van der Waals surface area contributed by atoms with Crippen molar-refractivity contribution in [3.63, 3.8) is 0 Å². The number of likely N-dealkylation sites (tertiary alicyclic amines) is 1. The molecule has 3 heteroatoms. The summed E-state index contributed by atoms with van der Waals surface area (Å²) in [5.41, 5.74) is -0.230. The minimum absolute atomic E-state index is 0.230. The van der Waals surface area contributed by atoms with Crippen molar-refractivity contribution >= 4 is 21.8 Å². The molecule has 1 rings (SSSR count). The Morgan fingerprint density at radius 1 is 1.29 bits per heavy atom. The predicted octanol–water partition coefficient (Wildman–Crippen LogP) is 2.81. The maximum atomic E-state index is 12.0. The summed E-state index contributed by atoms with van der Waals surface area (Å²) in [5.74, 6) is 0.291. The van der Waals surface area contributed by atoms with Crippen LogP contribution in [-0.2, 0) is 4.79 Å². The molecule has 2 nitrogen and oxygen atoms in total. The van der Waals surface area contributed by atoms with Gasteiger partial charge in [0.2, 0.25) is 5.91 Å². The fraction of sp³-hybridized carbons (Fsp3) is 0.909. The second-order valence-electron chi connectivity index (χ2n) is 5.07. The first-order valence-electron chi connectivity index (χ1n) is 5.34. The van der Waals surface area contributed by atoms with E-state index < -0.39 is 0 Å². The molecule has 1 saturated heterocycles. The number of hydrogen-bond acceptors (Lipinski definition) is 1. The number of amides is 1. The van der Waals surface area contributed by atoms with Crippen LogP contribution in [0.2, 0.25) is 0 Å². The summed E-state index contributed by atoms with van der Waals surface area (Å²) < 4.78 is 0. The Kier molecular flexibility index (Phi) is 3.99. The van der Waals surface area contributed by atoms with Crippen LogP contribution in [0.4, 0.5) is 0 Å². The molecule has 1 aliphatic heterocycles. The Balaban J connectivity index is 2.56. The molecular formula is C11H20BrNO. The van der Waals surface area contributed by atoms with Crippen molar-refractivity contribution in [3.05, 3.63) is 0 Å². The monoisotopic (exact) mass is 261 g/mol. The summed E-state index contributed by atoms with van der Waals surface area (Å²) in [6.07, 6.45) is 3.40. The van der Waals surface area contributed by atoms with E-state index in [2.05, 4.69) is 15.9 Å². The van der Waals surface area contributed by atoms with Crippen LogP contribution in [0.5, 0.6) is 0 Å². The van der Waals surface area contributed by atoms with Crippen LogP contribution < -0.4 is 0 Å². The van der Waals surface area contributed by atoms with Crippen molar-refractivity contribution in [2.24, 2.45) is 5.41 Å². The van der Waals surface area contributed by atoms with Crippen molar-refractivity contribution < 1.29 is 4.79 Å². The highest BCUT2D eigenvalue weighted by molar-refractivity contribution is 9.09. The first kappa shape index (κ1) is 12.0. The second kappa shape index (κ2) is 4.65. The topological polar surface area (TPSA) is 20.3 Å². The maximum Gasteiger partial charge on any atom is 0.227 e. The number of hydrogen-bond donors (Lipinski definition) is 0. The quantitative estimate of drug-likeness (QED) is 0.615. The molecule has 82 valence electrons. The van der Waals surface area contributed by atoms with Gasteiger partial charge in [-0.3, -0.25) is 4.79 Å². The van der Waals surface area contributed by atoms with Crippen LogP contribution in [0.1, 0.15) is 40.0 Å². The Morgan fingerprint density at radius 3 is 2.50 bits per heavy atom. The van der Waals surface area contributed by atoms with Gasteiger partial charge in [-0.15, -0.1) is 0 Å². The van der Waals surface area contributed by atoms with E-state index in [4.69, 9.17) is 0 Å². The van der Waals surface area contributed by atoms with Gasteiger partial charge in [0.05, 0.1) is 0 Å². The molecule has 0 aromatic heterocycles. The van der Waals surface area contributed by atoms with Crippen LogP contribution in [0.15, 0.2) is 0 Å². The van der Waals surface area contributed by atoms with E-state index in [1.165, 1.54) is 6.42 Å². The minimum atomic E-state index is -0.230. The third-order valence-corrected chi connectivity index (χ3v) is 3.50. The van der Waals surface area contributed by atoms with E-state index in [1.54, 1.807) is 0 Å². The lowest BCUT2D eigenvalue weighted by Gasteiger charge is -2.28. The predicted molar refractivity (Wildman–Crippen MR) is 62.6 cm³/mol. The molecule has 0 N–H and O–H groups in total. The van der Waals surface area contributed by atoms with Crippen molar-refractivity contribution in [3.8, 4) is 0 Å². The highest BCUT2D eigenvalue weighted by Gasteiger charge is 2.28. The van der Waals surface area contributed by atoms with Gasteiger partial charge in [0.15, 0.2) is 0 Å². The Hall–Kier alpha value is -0.0500. The molecular weight excluding hydrogens is 242 g/mol. The normalized spacial score (nSPS) is 24.6. The molecule has 14 heavy (non-hydrogen) atoms. The third kappa shape index (κ3) is 3.26. The standard InChI is InChI=1S/C11H20BrNO/c1-11(2,3)10(14)13-7-4-5-9(12)6-8-13/h9H,4-8H2,1-3H3. The molecule has 0 aromatic carbocycles. The Morgan fingerprint density at radius 2 is 1.93 bits per heavy atom. The van der Waals surface area contributed by atoms with Gasteiger partial charge in [-0.1, -0.05) is 36.7 Å². The molecule has 0 aromatic rings. The molecule has 0 aliphatic carbocycles. The third-order valence-electron chi connectivity index (χ3n) is 2.59. The Labute approximate surface area is 95.2 Å². The van der Waals surface area contributed by atoms with Gasteiger partial charge < -0.3 is 4.90 Å². The van der Waals surface area contributed by atoms with Gasteiger partial charge >= 0.3 is 0 Å². The fourth-order valence-electron chi connectivity index (χ4n) is 1.73. The van der Waals surface area contributed by atoms with E-state index >= 15 is 0 Å². The fourth-order valence-corrected chi connectivity index (χ4v) is 2.26. The van der Waals surface area contributed by atoms with E-state index in [1.807, 2.05) is 25.7 Å². The van der Waals surface area contributed by atoms with Crippen LogP contribution in [0, 0.1) is 5.41 Å². The van der Waals surface area contributed by atoms with Gasteiger partial charge in [0.1, 0.15) is 0 Å². The number of nitrogens with zero attached hydrogens (tertiary/aromatic N) is 1. The summed E-state index contributed by atoms with van der Waals surface area (Å²) in [7, 11) is 0. The van der Waals surface area contributed by atoms with E-state index in [-0.39, 0.29) is 5.41 Å². The van der Waals surface area contributed by atoms with Crippen molar-refractivity contribution in [1.29, 1.82) is 0 Å². The van der Waals surface area contributed by atoms with Crippen LogP contribution in [-0.4, -0.2) is 28.7 Å². The number of carbonyl (C=O) groups excluding carboxylic acids is 1. The highest BCUT2D eigenvalue weighted by atomic mass is 79.9. The zero-order valence-electron chi connectivity index (χ0n) is 9.35. The van der Waals surface area contributed by atoms with Gasteiger partial charge in [0.25, 0.3) is 0 Å². The van der Waals surface area contributed by atoms with E-state index in [0.29, 0.717) is 10.7 Å². The molecule has 0 spiro atoms. The van der Waals surface area contributed by atoms with Gasteiger partial charge in [-0.25, -0.2) is 0 Å². The van der Waals surface area contributed by atoms with Crippen LogP contribution in [0.3, 0.4) is 0 Å². The molecule has 1 atom stereocenters. The van der Waals surface area contributed by atoms with Gasteiger partial charge in [-0.2, -0.15) is 0 Å². The second-order valence-corrected chi connectivity index (χ2v) is 6.37. The lowest BCUT2D eigenvalue weighted by molar-refractivity contribution is -0.139. The smallest absolute Gasteiger partial charge is 0.227 e. The molecule has 1 heterocycles. The first-order chi connectivity index (χ1) is 6.41. The Bertz CT molecular complexity index is 210. The molecule has 0 bridgehead atoms. The van der Waals surface area contributed by atoms with Crippen molar-refractivity contribution in [1.82, 2.24) is 4.90 Å². The largest absolute Gasteiger partial charge is 0.342 e. The van der Waals surface area contributed by atoms with Gasteiger partial charge in [-0.05, 0) is 19.3 Å². The highest BCUT2D eigenvalue weighted by Crippen LogP contribution is 2.22. The summed E-state index contributed by atoms with van der Waals surface area (Å²) in [6, 6.07) is 0. The lowest BCUT2D eigenvalue weighted by atomic mass is 9.94. The van der Waals surface area contributed by atoms with Crippen LogP contribution in [0.25, 0.3) is 0 Å². The average Bonchev–Trinajstić information content (AvgIpc) is 2.27. The number of carbonyl (C=O) groups is 1. The molecule has 1 unspecified atom stereocenters. The van der Waals surface area contributed by atoms with Crippen LogP contribution >= 0.6 is 15.9 Å². The van der Waals surface area contributed by atoms with E-state index in [9.17, 15) is 4.79 Å². The van der Waals surface area contributed by atoms with Crippen molar-refractivity contribution in [2.45, 2.75) is 44.9 Å². The number of rotatable bonds is 0. The summed E-state index contributed by atoms with van der Waals surface area (Å²) in [6.45, 7) is 7.81. The zero-order chi connectivity index (χ0) is 10.8. The zero-order valence-corrected chi connectivity index (χ0v) is 10.9. The molecule has 0 radical (unpaired) electrons. The maximum absolute atomic E-state index is 12.0. The van der Waals surface area contributed by atoms with E-state index in [0.717, 1.165) is 25.9 Å². The van der Waals surface area contributed by atoms with Gasteiger partial charge in [0, 0.05) is 23.3 Å². The first-order valence-corrected chi connectivity index (χ1v) is 6.26. The van der Waals surface area contributed by atoms with Crippen molar-refractivity contribution in [2.75, 3.05) is 13.1 Å².